The highest BCUT2D eigenvalue weighted by Gasteiger charge is 2.26. The number of unbranched alkanes of at least 4 members (excludes halogenated alkanes) is 1. The van der Waals surface area contributed by atoms with Crippen LogP contribution in [0.5, 0.6) is 5.75 Å². The summed E-state index contributed by atoms with van der Waals surface area (Å²) in [4.78, 5) is 0. The standard InChI is InChI=1S/C15H22O4/c1-16-10-4-3-5-14-11-18-15(19-14)12-6-8-13(17-2)9-7-12/h6-9,14-15H,3-5,10-11H2,1-2H3. The molecule has 1 saturated heterocycles. The largest absolute Gasteiger partial charge is 0.497 e. The summed E-state index contributed by atoms with van der Waals surface area (Å²) >= 11 is 0. The van der Waals surface area contributed by atoms with Gasteiger partial charge >= 0.3 is 0 Å². The summed E-state index contributed by atoms with van der Waals surface area (Å²) < 4.78 is 21.8. The van der Waals surface area contributed by atoms with Crippen molar-refractivity contribution in [1.29, 1.82) is 0 Å². The van der Waals surface area contributed by atoms with Crippen LogP contribution in [0.4, 0.5) is 0 Å². The van der Waals surface area contributed by atoms with Crippen molar-refractivity contribution in [2.45, 2.75) is 31.7 Å². The molecule has 0 bridgehead atoms. The molecule has 0 aliphatic carbocycles. The normalized spacial score (nSPS) is 22.6. The van der Waals surface area contributed by atoms with E-state index in [4.69, 9.17) is 18.9 Å². The van der Waals surface area contributed by atoms with Gasteiger partial charge < -0.3 is 18.9 Å². The molecule has 1 aromatic carbocycles. The van der Waals surface area contributed by atoms with Crippen LogP contribution in [0.1, 0.15) is 31.1 Å². The molecule has 106 valence electrons. The Morgan fingerprint density at radius 3 is 2.63 bits per heavy atom. The van der Waals surface area contributed by atoms with E-state index < -0.39 is 0 Å². The van der Waals surface area contributed by atoms with E-state index >= 15 is 0 Å². The third kappa shape index (κ3) is 4.20. The van der Waals surface area contributed by atoms with Gasteiger partial charge in [-0.05, 0) is 31.4 Å². The maximum Gasteiger partial charge on any atom is 0.184 e. The quantitative estimate of drug-likeness (QED) is 0.711. The first-order valence-corrected chi connectivity index (χ1v) is 6.73. The Labute approximate surface area is 114 Å². The van der Waals surface area contributed by atoms with Crippen LogP contribution in [0.15, 0.2) is 24.3 Å². The molecule has 1 aliphatic heterocycles. The molecule has 2 atom stereocenters. The van der Waals surface area contributed by atoms with Crippen LogP contribution < -0.4 is 4.74 Å². The fourth-order valence-electron chi connectivity index (χ4n) is 2.15. The number of rotatable bonds is 7. The number of hydrogen-bond acceptors (Lipinski definition) is 4. The molecule has 2 rings (SSSR count). The molecular weight excluding hydrogens is 244 g/mol. The van der Waals surface area contributed by atoms with E-state index in [1.54, 1.807) is 14.2 Å². The number of methoxy groups -OCH3 is 2. The van der Waals surface area contributed by atoms with Gasteiger partial charge in [0.1, 0.15) is 5.75 Å². The van der Waals surface area contributed by atoms with Gasteiger partial charge in [-0.3, -0.25) is 0 Å². The van der Waals surface area contributed by atoms with E-state index in [-0.39, 0.29) is 12.4 Å². The second-order valence-electron chi connectivity index (χ2n) is 4.69. The second kappa shape index (κ2) is 7.48. The minimum Gasteiger partial charge on any atom is -0.497 e. The molecule has 4 heteroatoms. The second-order valence-corrected chi connectivity index (χ2v) is 4.69. The summed E-state index contributed by atoms with van der Waals surface area (Å²) in [5, 5.41) is 0. The Kier molecular flexibility index (Phi) is 5.63. The predicted molar refractivity (Wildman–Crippen MR) is 72.3 cm³/mol. The molecule has 1 fully saturated rings. The van der Waals surface area contributed by atoms with E-state index in [1.807, 2.05) is 24.3 Å². The smallest absolute Gasteiger partial charge is 0.184 e. The van der Waals surface area contributed by atoms with Crippen LogP contribution in [0, 0.1) is 0 Å². The summed E-state index contributed by atoms with van der Waals surface area (Å²) in [7, 11) is 3.39. The molecule has 0 aromatic heterocycles. The maximum atomic E-state index is 5.90. The van der Waals surface area contributed by atoms with Crippen molar-refractivity contribution in [3.8, 4) is 5.75 Å². The van der Waals surface area contributed by atoms with Gasteiger partial charge in [0.2, 0.25) is 0 Å². The first-order valence-electron chi connectivity index (χ1n) is 6.73. The Morgan fingerprint density at radius 2 is 1.95 bits per heavy atom. The van der Waals surface area contributed by atoms with Crippen molar-refractivity contribution < 1.29 is 18.9 Å². The lowest BCUT2D eigenvalue weighted by atomic mass is 10.2. The van der Waals surface area contributed by atoms with E-state index in [0.717, 1.165) is 37.2 Å². The van der Waals surface area contributed by atoms with Crippen molar-refractivity contribution in [1.82, 2.24) is 0 Å². The van der Waals surface area contributed by atoms with Crippen molar-refractivity contribution in [2.75, 3.05) is 27.4 Å². The molecule has 0 saturated carbocycles. The van der Waals surface area contributed by atoms with Gasteiger partial charge in [-0.25, -0.2) is 0 Å². The van der Waals surface area contributed by atoms with Gasteiger partial charge in [-0.15, -0.1) is 0 Å². The topological polar surface area (TPSA) is 36.9 Å². The lowest BCUT2D eigenvalue weighted by molar-refractivity contribution is -0.0615. The molecular formula is C15H22O4. The number of ether oxygens (including phenoxy) is 4. The number of benzene rings is 1. The third-order valence-corrected chi connectivity index (χ3v) is 3.26. The van der Waals surface area contributed by atoms with E-state index in [2.05, 4.69) is 0 Å². The van der Waals surface area contributed by atoms with Crippen molar-refractivity contribution in [3.63, 3.8) is 0 Å². The van der Waals surface area contributed by atoms with Gasteiger partial charge in [0.15, 0.2) is 6.29 Å². The molecule has 1 heterocycles. The minimum absolute atomic E-state index is 0.198. The Balaban J connectivity index is 1.77. The minimum atomic E-state index is -0.238. The van der Waals surface area contributed by atoms with E-state index in [1.165, 1.54) is 0 Å². The zero-order chi connectivity index (χ0) is 13.5. The Hall–Kier alpha value is -1.10. The molecule has 4 nitrogen and oxygen atoms in total. The molecule has 0 spiro atoms. The molecule has 1 aromatic rings. The number of hydrogen-bond donors (Lipinski definition) is 0. The zero-order valence-corrected chi connectivity index (χ0v) is 11.6. The summed E-state index contributed by atoms with van der Waals surface area (Å²) in [5.74, 6) is 0.845. The first kappa shape index (κ1) is 14.3. The highest BCUT2D eigenvalue weighted by molar-refractivity contribution is 5.28. The Morgan fingerprint density at radius 1 is 1.16 bits per heavy atom. The average molecular weight is 266 g/mol. The highest BCUT2D eigenvalue weighted by atomic mass is 16.7. The van der Waals surface area contributed by atoms with Crippen LogP contribution in [-0.2, 0) is 14.2 Å². The summed E-state index contributed by atoms with van der Waals surface area (Å²) in [6.07, 6.45) is 3.17. The van der Waals surface area contributed by atoms with Crippen LogP contribution in [0.2, 0.25) is 0 Å². The lowest BCUT2D eigenvalue weighted by Gasteiger charge is -2.12. The van der Waals surface area contributed by atoms with Crippen LogP contribution >= 0.6 is 0 Å². The predicted octanol–water partition coefficient (Wildman–Crippen LogP) is 2.93. The lowest BCUT2D eigenvalue weighted by Crippen LogP contribution is -2.09. The highest BCUT2D eigenvalue weighted by Crippen LogP contribution is 2.29. The molecule has 0 N–H and O–H groups in total. The Bertz CT molecular complexity index is 363. The third-order valence-electron chi connectivity index (χ3n) is 3.26. The summed E-state index contributed by atoms with van der Waals surface area (Å²) in [6, 6.07) is 7.82. The van der Waals surface area contributed by atoms with Gasteiger partial charge in [0.25, 0.3) is 0 Å². The van der Waals surface area contributed by atoms with Gasteiger partial charge in [0.05, 0.1) is 19.8 Å². The molecule has 1 aliphatic rings. The monoisotopic (exact) mass is 266 g/mol. The molecule has 2 unspecified atom stereocenters. The van der Waals surface area contributed by atoms with Gasteiger partial charge in [-0.1, -0.05) is 12.1 Å². The van der Waals surface area contributed by atoms with Gasteiger partial charge in [-0.2, -0.15) is 0 Å². The van der Waals surface area contributed by atoms with E-state index in [0.29, 0.717) is 6.61 Å². The van der Waals surface area contributed by atoms with Crippen LogP contribution in [0.25, 0.3) is 0 Å². The average Bonchev–Trinajstić information content (AvgIpc) is 2.92. The zero-order valence-electron chi connectivity index (χ0n) is 11.6. The fourth-order valence-corrected chi connectivity index (χ4v) is 2.15. The van der Waals surface area contributed by atoms with Crippen LogP contribution in [0.3, 0.4) is 0 Å². The van der Waals surface area contributed by atoms with Gasteiger partial charge in [0, 0.05) is 19.3 Å². The summed E-state index contributed by atoms with van der Waals surface area (Å²) in [6.45, 7) is 1.49. The molecule has 0 amide bonds. The first-order chi connectivity index (χ1) is 9.33. The van der Waals surface area contributed by atoms with Crippen molar-refractivity contribution >= 4 is 0 Å². The SMILES string of the molecule is COCCCCC1COC(c2ccc(OC)cc2)O1. The molecule has 0 radical (unpaired) electrons. The maximum absolute atomic E-state index is 5.90. The van der Waals surface area contributed by atoms with Crippen molar-refractivity contribution in [3.05, 3.63) is 29.8 Å². The fraction of sp³-hybridized carbons (Fsp3) is 0.600. The molecule has 19 heavy (non-hydrogen) atoms. The van der Waals surface area contributed by atoms with E-state index in [9.17, 15) is 0 Å². The van der Waals surface area contributed by atoms with Crippen molar-refractivity contribution in [2.24, 2.45) is 0 Å². The summed E-state index contributed by atoms with van der Waals surface area (Å²) in [5.41, 5.74) is 1.04. The van der Waals surface area contributed by atoms with Crippen LogP contribution in [-0.4, -0.2) is 33.5 Å².